The molecule has 0 atom stereocenters. The van der Waals surface area contributed by atoms with Gasteiger partial charge in [-0.2, -0.15) is 0 Å². The zero-order valence-electron chi connectivity index (χ0n) is 17.7. The Kier molecular flexibility index (Phi) is 6.02. The van der Waals surface area contributed by atoms with E-state index in [0.29, 0.717) is 6.04 Å². The van der Waals surface area contributed by atoms with Crippen molar-refractivity contribution in [2.45, 2.75) is 33.4 Å². The highest BCUT2D eigenvalue weighted by Gasteiger charge is 2.26. The molecule has 1 saturated heterocycles. The van der Waals surface area contributed by atoms with Gasteiger partial charge in [-0.3, -0.25) is 19.8 Å². The van der Waals surface area contributed by atoms with E-state index in [1.54, 1.807) is 0 Å². The molecule has 150 valence electrons. The molecule has 1 aliphatic rings. The number of rotatable bonds is 5. The van der Waals surface area contributed by atoms with E-state index in [-0.39, 0.29) is 0 Å². The molecule has 0 bridgehead atoms. The second-order valence-corrected chi connectivity index (χ2v) is 7.96. The van der Waals surface area contributed by atoms with Gasteiger partial charge in [0.05, 0.1) is 28.8 Å². The maximum atomic E-state index is 4.80. The lowest BCUT2D eigenvalue weighted by atomic mass is 9.96. The van der Waals surface area contributed by atoms with E-state index in [0.717, 1.165) is 55.5 Å². The minimum Gasteiger partial charge on any atom is -0.295 e. The van der Waals surface area contributed by atoms with Crippen molar-refractivity contribution in [3.05, 3.63) is 94.6 Å². The lowest BCUT2D eigenvalue weighted by molar-refractivity contribution is 0.104. The van der Waals surface area contributed by atoms with E-state index in [1.807, 2.05) is 13.8 Å². The molecule has 4 nitrogen and oxygen atoms in total. The maximum Gasteiger partial charge on any atom is 0.0759 e. The fraction of sp³-hybridized carbons (Fsp3) is 0.360. The van der Waals surface area contributed by atoms with Crippen LogP contribution in [0.3, 0.4) is 0 Å². The van der Waals surface area contributed by atoms with Crippen molar-refractivity contribution >= 4 is 0 Å². The number of aryl methyl sites for hydroxylation is 3. The number of hydrogen-bond donors (Lipinski definition) is 0. The normalized spacial score (nSPS) is 15.7. The van der Waals surface area contributed by atoms with Crippen molar-refractivity contribution in [2.24, 2.45) is 0 Å². The first-order valence-electron chi connectivity index (χ1n) is 10.5. The van der Waals surface area contributed by atoms with Crippen molar-refractivity contribution < 1.29 is 0 Å². The van der Waals surface area contributed by atoms with Gasteiger partial charge in [-0.25, -0.2) is 0 Å². The van der Waals surface area contributed by atoms with Crippen LogP contribution in [0.5, 0.6) is 0 Å². The summed E-state index contributed by atoms with van der Waals surface area (Å²) in [4.78, 5) is 14.6. The zero-order chi connectivity index (χ0) is 20.2. The molecule has 0 N–H and O–H groups in total. The Morgan fingerprint density at radius 3 is 1.76 bits per heavy atom. The summed E-state index contributed by atoms with van der Waals surface area (Å²) >= 11 is 0. The van der Waals surface area contributed by atoms with E-state index < -0.39 is 0 Å². The standard InChI is InChI=1S/C25H30N4/c1-19-20(2)27-24(21(3)26-19)18-28-14-16-29(17-15-28)25(22-10-6-4-7-11-22)23-12-8-5-9-13-23/h4-13,25H,14-18H2,1-3H3. The van der Waals surface area contributed by atoms with Gasteiger partial charge in [-0.15, -0.1) is 0 Å². The summed E-state index contributed by atoms with van der Waals surface area (Å²) in [6, 6.07) is 22.1. The van der Waals surface area contributed by atoms with E-state index in [2.05, 4.69) is 82.4 Å². The molecule has 3 aromatic rings. The summed E-state index contributed by atoms with van der Waals surface area (Å²) in [5.74, 6) is 0. The molecule has 1 aliphatic heterocycles. The molecule has 0 saturated carbocycles. The highest BCUT2D eigenvalue weighted by Crippen LogP contribution is 2.29. The Morgan fingerprint density at radius 2 is 1.21 bits per heavy atom. The van der Waals surface area contributed by atoms with Gasteiger partial charge in [0.25, 0.3) is 0 Å². The predicted molar refractivity (Wildman–Crippen MR) is 118 cm³/mol. The van der Waals surface area contributed by atoms with Crippen LogP contribution in [0.1, 0.15) is 39.9 Å². The van der Waals surface area contributed by atoms with Crippen LogP contribution in [-0.4, -0.2) is 45.9 Å². The number of benzene rings is 2. The zero-order valence-corrected chi connectivity index (χ0v) is 17.7. The first kappa shape index (κ1) is 19.7. The van der Waals surface area contributed by atoms with Crippen LogP contribution in [0.25, 0.3) is 0 Å². The first-order valence-corrected chi connectivity index (χ1v) is 10.5. The topological polar surface area (TPSA) is 32.3 Å². The monoisotopic (exact) mass is 386 g/mol. The SMILES string of the molecule is Cc1nc(C)c(CN2CCN(C(c3ccccc3)c3ccccc3)CC2)nc1C. The van der Waals surface area contributed by atoms with Gasteiger partial charge in [0.15, 0.2) is 0 Å². The maximum absolute atomic E-state index is 4.80. The Balaban J connectivity index is 1.48. The molecule has 0 unspecified atom stereocenters. The average molecular weight is 387 g/mol. The van der Waals surface area contributed by atoms with Crippen molar-refractivity contribution in [1.29, 1.82) is 0 Å². The molecule has 1 aromatic heterocycles. The quantitative estimate of drug-likeness (QED) is 0.654. The lowest BCUT2D eigenvalue weighted by Gasteiger charge is -2.39. The third kappa shape index (κ3) is 4.55. The second-order valence-electron chi connectivity index (χ2n) is 7.96. The van der Waals surface area contributed by atoms with Crippen molar-refractivity contribution in [3.63, 3.8) is 0 Å². The summed E-state index contributed by atoms with van der Waals surface area (Å²) in [6.07, 6.45) is 0. The van der Waals surface area contributed by atoms with Gasteiger partial charge in [-0.1, -0.05) is 60.7 Å². The van der Waals surface area contributed by atoms with Gasteiger partial charge < -0.3 is 0 Å². The van der Waals surface area contributed by atoms with Crippen LogP contribution < -0.4 is 0 Å². The molecule has 2 heterocycles. The number of hydrogen-bond acceptors (Lipinski definition) is 4. The first-order chi connectivity index (χ1) is 14.1. The van der Waals surface area contributed by atoms with E-state index in [9.17, 15) is 0 Å². The van der Waals surface area contributed by atoms with Gasteiger partial charge in [0.1, 0.15) is 0 Å². The molecular weight excluding hydrogens is 356 g/mol. The van der Waals surface area contributed by atoms with Gasteiger partial charge >= 0.3 is 0 Å². The summed E-state index contributed by atoms with van der Waals surface area (Å²) in [6.45, 7) is 11.2. The van der Waals surface area contributed by atoms with E-state index in [4.69, 9.17) is 4.98 Å². The molecule has 0 radical (unpaired) electrons. The summed E-state index contributed by atoms with van der Waals surface area (Å²) in [5, 5.41) is 0. The van der Waals surface area contributed by atoms with Gasteiger partial charge in [0.2, 0.25) is 0 Å². The molecule has 4 heteroatoms. The summed E-state index contributed by atoms with van der Waals surface area (Å²) in [5.41, 5.74) is 6.97. The van der Waals surface area contributed by atoms with Crippen LogP contribution >= 0.6 is 0 Å². The Morgan fingerprint density at radius 1 is 0.690 bits per heavy atom. The molecule has 0 amide bonds. The molecular formula is C25H30N4. The third-order valence-electron chi connectivity index (χ3n) is 5.96. The van der Waals surface area contributed by atoms with Crippen LogP contribution in [0, 0.1) is 20.8 Å². The smallest absolute Gasteiger partial charge is 0.0759 e. The Hall–Kier alpha value is -2.56. The Bertz CT molecular complexity index is 892. The summed E-state index contributed by atoms with van der Waals surface area (Å²) in [7, 11) is 0. The molecule has 1 fully saturated rings. The molecule has 0 spiro atoms. The Labute approximate surface area is 174 Å². The number of aromatic nitrogens is 2. The number of piperazine rings is 1. The van der Waals surface area contributed by atoms with E-state index in [1.165, 1.54) is 11.1 Å². The molecule has 2 aromatic carbocycles. The van der Waals surface area contributed by atoms with E-state index >= 15 is 0 Å². The summed E-state index contributed by atoms with van der Waals surface area (Å²) < 4.78 is 0. The second kappa shape index (κ2) is 8.85. The third-order valence-corrected chi connectivity index (χ3v) is 5.96. The molecule has 29 heavy (non-hydrogen) atoms. The number of nitrogens with zero attached hydrogens (tertiary/aromatic N) is 4. The highest BCUT2D eigenvalue weighted by atomic mass is 15.3. The van der Waals surface area contributed by atoms with Crippen LogP contribution in [-0.2, 0) is 6.54 Å². The minimum atomic E-state index is 0.308. The lowest BCUT2D eigenvalue weighted by Crippen LogP contribution is -2.47. The van der Waals surface area contributed by atoms with Crippen molar-refractivity contribution in [1.82, 2.24) is 19.8 Å². The average Bonchev–Trinajstić information content (AvgIpc) is 2.75. The molecule has 4 rings (SSSR count). The van der Waals surface area contributed by atoms with Crippen LogP contribution in [0.2, 0.25) is 0 Å². The largest absolute Gasteiger partial charge is 0.295 e. The predicted octanol–water partition coefficient (Wildman–Crippen LogP) is 4.31. The van der Waals surface area contributed by atoms with Gasteiger partial charge in [-0.05, 0) is 31.9 Å². The highest BCUT2D eigenvalue weighted by molar-refractivity contribution is 5.32. The molecule has 0 aliphatic carbocycles. The van der Waals surface area contributed by atoms with Gasteiger partial charge in [0, 0.05) is 32.7 Å². The fourth-order valence-corrected chi connectivity index (χ4v) is 4.19. The van der Waals surface area contributed by atoms with Crippen molar-refractivity contribution in [3.8, 4) is 0 Å². The fourth-order valence-electron chi connectivity index (χ4n) is 4.19. The van der Waals surface area contributed by atoms with Crippen LogP contribution in [0.15, 0.2) is 60.7 Å². The van der Waals surface area contributed by atoms with Crippen LogP contribution in [0.4, 0.5) is 0 Å². The van der Waals surface area contributed by atoms with Crippen molar-refractivity contribution in [2.75, 3.05) is 26.2 Å². The minimum absolute atomic E-state index is 0.308.